The van der Waals surface area contributed by atoms with Gasteiger partial charge in [-0.15, -0.1) is 0 Å². The van der Waals surface area contributed by atoms with E-state index in [1.807, 2.05) is 0 Å². The predicted octanol–water partition coefficient (Wildman–Crippen LogP) is 24.7. The van der Waals surface area contributed by atoms with E-state index in [0.29, 0.717) is 6.42 Å². The summed E-state index contributed by atoms with van der Waals surface area (Å²) in [5.41, 5.74) is 5.40. The second-order valence-electron chi connectivity index (χ2n) is 24.0. The lowest BCUT2D eigenvalue weighted by molar-refractivity contribution is -0.161. The van der Waals surface area contributed by atoms with E-state index in [1.165, 1.54) is 141 Å². The molecule has 10 heteroatoms. The molecule has 0 amide bonds. The number of carbonyl (C=O) groups excluding carboxylic acids is 2. The number of unbranched alkanes of at least 4 members (excludes halogenated alkanes) is 29. The maximum Gasteiger partial charge on any atom is 0.472 e. The average molecular weight is 1280 g/mol. The number of carbonyl (C=O) groups is 2. The van der Waals surface area contributed by atoms with Crippen LogP contribution in [0.1, 0.15) is 309 Å². The fourth-order valence-corrected chi connectivity index (χ4v) is 10.8. The summed E-state index contributed by atoms with van der Waals surface area (Å²) < 4.78 is 33.2. The first-order chi connectivity index (χ1) is 44.8. The molecule has 0 saturated carbocycles. The van der Waals surface area contributed by atoms with Gasteiger partial charge in [-0.1, -0.05) is 332 Å². The number of phosphoric ester groups is 1. The smallest absolute Gasteiger partial charge is 0.462 e. The predicted molar refractivity (Wildman–Crippen MR) is 394 cm³/mol. The molecule has 0 aromatic heterocycles. The van der Waals surface area contributed by atoms with Crippen molar-refractivity contribution in [1.29, 1.82) is 0 Å². The van der Waals surface area contributed by atoms with Crippen LogP contribution in [0.5, 0.6) is 0 Å². The van der Waals surface area contributed by atoms with Crippen LogP contribution < -0.4 is 5.73 Å². The molecule has 0 aliphatic heterocycles. The Morgan fingerprint density at radius 2 is 0.571 bits per heavy atom. The van der Waals surface area contributed by atoms with Crippen molar-refractivity contribution in [3.05, 3.63) is 158 Å². The standard InChI is InChI=1S/C81H136NO8P/c1-3-5-7-9-11-13-15-17-19-21-23-25-27-29-31-33-35-37-38-39-40-42-43-45-47-49-51-53-55-57-59-61-63-65-67-69-71-73-80(83)87-77-79(78-89-91(85,86)88-76-75-82)90-81(84)74-72-70-68-66-64-62-60-58-56-54-52-50-48-46-44-41-36-34-32-30-28-26-24-22-20-18-16-14-12-10-8-6-4-2/h5-8,11-14,17-20,23-26,30,32,36,41,46,48,52,54,58,60,79H,3-4,9-10,15-16,21-22,27-29,31,33-35,37-40,42-45,47,49-51,53,55-57,59,61-78,82H2,1-2H3,(H,85,86)/b7-5-,8-6-,13-11-,14-12-,19-17-,20-18-,25-23-,26-24-,32-30-,41-36-,48-46-,54-52-,60-58-. The Kier molecular flexibility index (Phi) is 71.1. The third kappa shape index (κ3) is 74.5. The van der Waals surface area contributed by atoms with Crippen LogP contribution in [0, 0.1) is 0 Å². The number of nitrogens with two attached hydrogens (primary N) is 1. The Hall–Kier alpha value is -4.37. The van der Waals surface area contributed by atoms with Crippen molar-refractivity contribution >= 4 is 19.8 Å². The van der Waals surface area contributed by atoms with E-state index in [-0.39, 0.29) is 38.6 Å². The molecule has 0 spiro atoms. The number of esters is 2. The van der Waals surface area contributed by atoms with Gasteiger partial charge in [-0.25, -0.2) is 4.57 Å². The number of rotatable bonds is 68. The number of phosphoric acid groups is 1. The van der Waals surface area contributed by atoms with Crippen molar-refractivity contribution in [2.45, 2.75) is 315 Å². The summed E-state index contributed by atoms with van der Waals surface area (Å²) in [4.78, 5) is 35.4. The van der Waals surface area contributed by atoms with Crippen LogP contribution in [-0.2, 0) is 32.7 Å². The summed E-state index contributed by atoms with van der Waals surface area (Å²) in [7, 11) is -4.41. The lowest BCUT2D eigenvalue weighted by Crippen LogP contribution is -2.29. The minimum absolute atomic E-state index is 0.0436. The minimum Gasteiger partial charge on any atom is -0.462 e. The quantitative estimate of drug-likeness (QED) is 0.0264. The first kappa shape index (κ1) is 86.6. The van der Waals surface area contributed by atoms with Crippen molar-refractivity contribution in [3.63, 3.8) is 0 Å². The van der Waals surface area contributed by atoms with Gasteiger partial charge in [0.1, 0.15) is 6.61 Å². The van der Waals surface area contributed by atoms with Crippen molar-refractivity contribution in [1.82, 2.24) is 0 Å². The van der Waals surface area contributed by atoms with E-state index in [4.69, 9.17) is 24.3 Å². The third-order valence-electron chi connectivity index (χ3n) is 15.4. The summed E-state index contributed by atoms with van der Waals surface area (Å²) in [6.45, 7) is 3.51. The van der Waals surface area contributed by atoms with Gasteiger partial charge in [0.2, 0.25) is 0 Å². The lowest BCUT2D eigenvalue weighted by Gasteiger charge is -2.19. The van der Waals surface area contributed by atoms with E-state index < -0.39 is 26.5 Å². The topological polar surface area (TPSA) is 134 Å². The number of hydrogen-bond donors (Lipinski definition) is 2. The van der Waals surface area contributed by atoms with Crippen molar-refractivity contribution in [3.8, 4) is 0 Å². The molecule has 0 fully saturated rings. The molecule has 0 rings (SSSR count). The Bertz CT molecular complexity index is 2050. The molecule has 9 nitrogen and oxygen atoms in total. The van der Waals surface area contributed by atoms with Crippen LogP contribution in [0.2, 0.25) is 0 Å². The van der Waals surface area contributed by atoms with Gasteiger partial charge < -0.3 is 20.1 Å². The van der Waals surface area contributed by atoms with Crippen LogP contribution in [0.25, 0.3) is 0 Å². The lowest BCUT2D eigenvalue weighted by atomic mass is 10.0. The highest BCUT2D eigenvalue weighted by atomic mass is 31.2. The van der Waals surface area contributed by atoms with Gasteiger partial charge in [-0.3, -0.25) is 18.6 Å². The molecule has 0 aliphatic rings. The van der Waals surface area contributed by atoms with E-state index >= 15 is 0 Å². The Balaban J connectivity index is 3.91. The summed E-state index contributed by atoms with van der Waals surface area (Å²) >= 11 is 0. The third-order valence-corrected chi connectivity index (χ3v) is 16.4. The molecule has 0 radical (unpaired) electrons. The normalized spacial score (nSPS) is 13.8. The summed E-state index contributed by atoms with van der Waals surface area (Å²) in [5.74, 6) is -0.849. The highest BCUT2D eigenvalue weighted by molar-refractivity contribution is 7.47. The highest BCUT2D eigenvalue weighted by Gasteiger charge is 2.26. The molecule has 0 bridgehead atoms. The van der Waals surface area contributed by atoms with E-state index in [1.54, 1.807) is 0 Å². The number of ether oxygens (including phenoxy) is 2. The Morgan fingerprint density at radius 3 is 0.846 bits per heavy atom. The molecular weight excluding hydrogens is 1150 g/mol. The number of allylic oxidation sites excluding steroid dienone is 26. The molecule has 2 unspecified atom stereocenters. The second kappa shape index (κ2) is 74.7. The van der Waals surface area contributed by atoms with Crippen LogP contribution in [0.3, 0.4) is 0 Å². The van der Waals surface area contributed by atoms with Crippen LogP contribution in [0.4, 0.5) is 0 Å². The fourth-order valence-electron chi connectivity index (χ4n) is 10.0. The van der Waals surface area contributed by atoms with Gasteiger partial charge in [0.15, 0.2) is 6.10 Å². The monoisotopic (exact) mass is 1280 g/mol. The van der Waals surface area contributed by atoms with E-state index in [9.17, 15) is 19.0 Å². The maximum atomic E-state index is 12.8. The van der Waals surface area contributed by atoms with Crippen LogP contribution in [-0.4, -0.2) is 49.3 Å². The van der Waals surface area contributed by atoms with Gasteiger partial charge in [0.05, 0.1) is 13.2 Å². The molecule has 0 saturated heterocycles. The molecular formula is C81H136NO8P. The average Bonchev–Trinajstić information content (AvgIpc) is 3.74. The fraction of sp³-hybridized carbons (Fsp3) is 0.654. The van der Waals surface area contributed by atoms with Gasteiger partial charge in [0.25, 0.3) is 0 Å². The molecule has 0 aliphatic carbocycles. The van der Waals surface area contributed by atoms with Gasteiger partial charge in [0, 0.05) is 19.4 Å². The maximum absolute atomic E-state index is 12.8. The first-order valence-corrected chi connectivity index (χ1v) is 38.5. The second-order valence-corrected chi connectivity index (χ2v) is 25.5. The Labute approximate surface area is 559 Å². The van der Waals surface area contributed by atoms with E-state index in [2.05, 4.69) is 172 Å². The zero-order valence-electron chi connectivity index (χ0n) is 58.3. The zero-order valence-corrected chi connectivity index (χ0v) is 59.2. The molecule has 0 aromatic carbocycles. The molecule has 0 heterocycles. The first-order valence-electron chi connectivity index (χ1n) is 37.0. The summed E-state index contributed by atoms with van der Waals surface area (Å²) in [5, 5.41) is 0. The van der Waals surface area contributed by atoms with Crippen molar-refractivity contribution in [2.75, 3.05) is 26.4 Å². The number of hydrogen-bond acceptors (Lipinski definition) is 8. The zero-order chi connectivity index (χ0) is 65.8. The van der Waals surface area contributed by atoms with Gasteiger partial charge in [-0.05, 0) is 122 Å². The van der Waals surface area contributed by atoms with E-state index in [0.717, 1.165) is 135 Å². The van der Waals surface area contributed by atoms with Crippen LogP contribution in [0.15, 0.2) is 158 Å². The minimum atomic E-state index is -4.41. The van der Waals surface area contributed by atoms with Crippen molar-refractivity contribution < 1.29 is 37.6 Å². The van der Waals surface area contributed by atoms with Crippen LogP contribution >= 0.6 is 7.82 Å². The Morgan fingerprint density at radius 1 is 0.330 bits per heavy atom. The highest BCUT2D eigenvalue weighted by Crippen LogP contribution is 2.43. The summed E-state index contributed by atoms with van der Waals surface area (Å²) in [6, 6.07) is 0. The molecule has 0 aromatic rings. The SMILES string of the molecule is CC/C=C\C/C=C\C/C=C\C/C=C\C/C=C\C/C=C\C/C=C\C/C=C\C/C=C\CCCCCCCC(=O)OC(COC(=O)CCCCCCCCCCCCCCCCCCCCCCCCCC/C=C\C/C=C\C/C=C\C/C=C\CC)COP(=O)(O)OCCN. The molecule has 91 heavy (non-hydrogen) atoms. The molecule has 2 atom stereocenters. The van der Waals surface area contributed by atoms with Crippen molar-refractivity contribution in [2.24, 2.45) is 5.73 Å². The van der Waals surface area contributed by atoms with Gasteiger partial charge in [-0.2, -0.15) is 0 Å². The molecule has 518 valence electrons. The van der Waals surface area contributed by atoms with Gasteiger partial charge >= 0.3 is 19.8 Å². The molecule has 3 N–H and O–H groups in total. The summed E-state index contributed by atoms with van der Waals surface area (Å²) in [6.07, 6.45) is 109. The largest absolute Gasteiger partial charge is 0.472 e.